The van der Waals surface area contributed by atoms with E-state index in [0.29, 0.717) is 43.2 Å². The number of morpholine rings is 1. The molecular weight excluding hydrogens is 552 g/mol. The molecule has 1 saturated carbocycles. The first-order valence-corrected chi connectivity index (χ1v) is 14.7. The molecule has 6 rings (SSSR count). The fourth-order valence-corrected chi connectivity index (χ4v) is 6.27. The first-order chi connectivity index (χ1) is 20.9. The Labute approximate surface area is 248 Å². The normalized spacial score (nSPS) is 16.3. The number of pyridine rings is 1. The van der Waals surface area contributed by atoms with Crippen LogP contribution < -0.4 is 0 Å². The standard InChI is InChI=1S/C34H33F2N3O4/c35-25-8-10-27(29(36)19-25)31-12-6-23-18-24(7-11-30(23)37-31)34-28(22-4-2-1-3-5-22)20-26(9-13-33(41)42)39(34)21-32(40)38-14-16-43-17-15-38/h6-13,18-20,22H,1-5,14-17,21H2,(H,41,42)/b13-9+. The molecule has 7 nitrogen and oxygen atoms in total. The van der Waals surface area contributed by atoms with Gasteiger partial charge in [-0.25, -0.2) is 18.6 Å². The first-order valence-electron chi connectivity index (χ1n) is 14.7. The van der Waals surface area contributed by atoms with Crippen LogP contribution in [0.4, 0.5) is 8.78 Å². The average Bonchev–Trinajstić information content (AvgIpc) is 3.38. The number of carbonyl (C=O) groups excluding carboxylic acids is 1. The summed E-state index contributed by atoms with van der Waals surface area (Å²) in [5.74, 6) is -2.14. The molecule has 1 aliphatic carbocycles. The lowest BCUT2D eigenvalue weighted by molar-refractivity contribution is -0.136. The second-order valence-corrected chi connectivity index (χ2v) is 11.2. The van der Waals surface area contributed by atoms with E-state index in [1.54, 1.807) is 17.0 Å². The average molecular weight is 586 g/mol. The monoisotopic (exact) mass is 585 g/mol. The van der Waals surface area contributed by atoms with Crippen LogP contribution in [-0.2, 0) is 20.9 Å². The predicted molar refractivity (Wildman–Crippen MR) is 160 cm³/mol. The third kappa shape index (κ3) is 6.22. The molecule has 43 heavy (non-hydrogen) atoms. The molecule has 0 bridgehead atoms. The molecule has 4 aromatic rings. The number of ether oxygens (including phenoxy) is 1. The van der Waals surface area contributed by atoms with E-state index < -0.39 is 17.6 Å². The number of halogens is 2. The fraction of sp³-hybridized carbons (Fsp3) is 0.324. The number of benzene rings is 2. The van der Waals surface area contributed by atoms with Crippen molar-refractivity contribution in [3.8, 4) is 22.5 Å². The lowest BCUT2D eigenvalue weighted by atomic mass is 9.83. The third-order valence-electron chi connectivity index (χ3n) is 8.43. The highest BCUT2D eigenvalue weighted by Crippen LogP contribution is 2.41. The Morgan fingerprint density at radius 1 is 0.977 bits per heavy atom. The summed E-state index contributed by atoms with van der Waals surface area (Å²) in [5, 5.41) is 10.2. The molecule has 0 radical (unpaired) electrons. The van der Waals surface area contributed by atoms with Gasteiger partial charge in [-0.3, -0.25) is 4.79 Å². The fourth-order valence-electron chi connectivity index (χ4n) is 6.27. The van der Waals surface area contributed by atoms with Crippen molar-refractivity contribution in [2.75, 3.05) is 26.3 Å². The zero-order valence-electron chi connectivity index (χ0n) is 23.8. The van der Waals surface area contributed by atoms with Gasteiger partial charge in [0, 0.05) is 41.9 Å². The lowest BCUT2D eigenvalue weighted by Gasteiger charge is -2.28. The number of nitrogens with zero attached hydrogens (tertiary/aromatic N) is 3. The summed E-state index contributed by atoms with van der Waals surface area (Å²) in [6.07, 6.45) is 8.15. The van der Waals surface area contributed by atoms with Gasteiger partial charge in [-0.15, -0.1) is 0 Å². The van der Waals surface area contributed by atoms with Crippen molar-refractivity contribution in [2.45, 2.75) is 44.6 Å². The van der Waals surface area contributed by atoms with E-state index in [-0.39, 0.29) is 23.9 Å². The number of hydrogen-bond acceptors (Lipinski definition) is 4. The van der Waals surface area contributed by atoms with Crippen LogP contribution in [0.2, 0.25) is 0 Å². The second kappa shape index (κ2) is 12.5. The smallest absolute Gasteiger partial charge is 0.328 e. The minimum absolute atomic E-state index is 0.0475. The number of fused-ring (bicyclic) bond motifs is 1. The van der Waals surface area contributed by atoms with E-state index in [4.69, 9.17) is 4.74 Å². The number of carboxylic acids is 1. The van der Waals surface area contributed by atoms with Crippen LogP contribution in [0.25, 0.3) is 39.5 Å². The van der Waals surface area contributed by atoms with Crippen LogP contribution in [0.3, 0.4) is 0 Å². The van der Waals surface area contributed by atoms with Gasteiger partial charge >= 0.3 is 5.97 Å². The van der Waals surface area contributed by atoms with Crippen molar-refractivity contribution in [3.63, 3.8) is 0 Å². The summed E-state index contributed by atoms with van der Waals surface area (Å²) in [6.45, 7) is 2.09. The van der Waals surface area contributed by atoms with Gasteiger partial charge in [-0.1, -0.05) is 31.4 Å². The van der Waals surface area contributed by atoms with Crippen molar-refractivity contribution in [1.29, 1.82) is 0 Å². The predicted octanol–water partition coefficient (Wildman–Crippen LogP) is 6.65. The van der Waals surface area contributed by atoms with Gasteiger partial charge in [-0.2, -0.15) is 0 Å². The molecule has 0 atom stereocenters. The molecule has 1 aliphatic heterocycles. The minimum Gasteiger partial charge on any atom is -0.478 e. The molecule has 9 heteroatoms. The molecule has 0 spiro atoms. The lowest BCUT2D eigenvalue weighted by Crippen LogP contribution is -2.42. The van der Waals surface area contributed by atoms with E-state index in [0.717, 1.165) is 60.0 Å². The topological polar surface area (TPSA) is 84.7 Å². The van der Waals surface area contributed by atoms with Crippen LogP contribution >= 0.6 is 0 Å². The van der Waals surface area contributed by atoms with Crippen molar-refractivity contribution >= 4 is 28.9 Å². The van der Waals surface area contributed by atoms with Gasteiger partial charge in [0.2, 0.25) is 5.91 Å². The summed E-state index contributed by atoms with van der Waals surface area (Å²) < 4.78 is 35.3. The molecule has 2 aromatic carbocycles. The zero-order chi connectivity index (χ0) is 29.9. The quantitative estimate of drug-likeness (QED) is 0.246. The summed E-state index contributed by atoms with van der Waals surface area (Å²) >= 11 is 0. The maximum absolute atomic E-state index is 14.5. The Morgan fingerprint density at radius 2 is 1.77 bits per heavy atom. The van der Waals surface area contributed by atoms with E-state index in [2.05, 4.69) is 4.98 Å². The molecule has 2 aromatic heterocycles. The number of carbonyl (C=O) groups is 2. The largest absolute Gasteiger partial charge is 0.478 e. The minimum atomic E-state index is -1.06. The van der Waals surface area contributed by atoms with E-state index >= 15 is 0 Å². The highest BCUT2D eigenvalue weighted by molar-refractivity contribution is 5.89. The molecule has 3 heterocycles. The van der Waals surface area contributed by atoms with Gasteiger partial charge in [0.15, 0.2) is 0 Å². The highest BCUT2D eigenvalue weighted by Gasteiger charge is 2.27. The maximum atomic E-state index is 14.5. The van der Waals surface area contributed by atoms with Gasteiger partial charge in [0.05, 0.1) is 30.1 Å². The van der Waals surface area contributed by atoms with Crippen LogP contribution in [0.15, 0.2) is 60.7 Å². The Morgan fingerprint density at radius 3 is 2.51 bits per heavy atom. The molecule has 0 unspecified atom stereocenters. The summed E-state index contributed by atoms with van der Waals surface area (Å²) in [6, 6.07) is 14.9. The molecule has 1 N–H and O–H groups in total. The molecule has 1 saturated heterocycles. The third-order valence-corrected chi connectivity index (χ3v) is 8.43. The van der Waals surface area contributed by atoms with E-state index in [1.165, 1.54) is 18.6 Å². The van der Waals surface area contributed by atoms with Gasteiger partial charge in [0.1, 0.15) is 18.2 Å². The Bertz CT molecular complexity index is 1700. The second-order valence-electron chi connectivity index (χ2n) is 11.2. The number of amides is 1. The van der Waals surface area contributed by atoms with Gasteiger partial charge < -0.3 is 19.3 Å². The molecule has 2 fully saturated rings. The van der Waals surface area contributed by atoms with E-state index in [9.17, 15) is 23.5 Å². The summed E-state index contributed by atoms with van der Waals surface area (Å²) in [5.41, 5.74) is 4.84. The van der Waals surface area contributed by atoms with Crippen LogP contribution in [-0.4, -0.2) is 57.7 Å². The highest BCUT2D eigenvalue weighted by atomic mass is 19.1. The van der Waals surface area contributed by atoms with Gasteiger partial charge in [0.25, 0.3) is 0 Å². The number of hydrogen-bond donors (Lipinski definition) is 1. The van der Waals surface area contributed by atoms with Crippen molar-refractivity contribution in [3.05, 3.63) is 83.6 Å². The SMILES string of the molecule is O=C(O)/C=C/c1cc(C2CCCCC2)c(-c2ccc3nc(-c4ccc(F)cc4F)ccc3c2)n1CC(=O)N1CCOCC1. The van der Waals surface area contributed by atoms with Crippen LogP contribution in [0, 0.1) is 11.6 Å². The number of rotatable bonds is 7. The van der Waals surface area contributed by atoms with Crippen molar-refractivity contribution in [2.24, 2.45) is 0 Å². The van der Waals surface area contributed by atoms with Crippen molar-refractivity contribution < 1.29 is 28.2 Å². The number of aromatic nitrogens is 2. The summed E-state index contributed by atoms with van der Waals surface area (Å²) in [7, 11) is 0. The molecular formula is C34H33F2N3O4. The van der Waals surface area contributed by atoms with Crippen LogP contribution in [0.5, 0.6) is 0 Å². The summed E-state index contributed by atoms with van der Waals surface area (Å²) in [4.78, 5) is 31.4. The first kappa shape index (κ1) is 28.7. The van der Waals surface area contributed by atoms with Gasteiger partial charge in [-0.05, 0) is 72.4 Å². The van der Waals surface area contributed by atoms with Crippen molar-refractivity contribution in [1.82, 2.24) is 14.5 Å². The Balaban J connectivity index is 1.46. The number of carboxylic acid groups (broad SMARTS) is 1. The molecule has 2 aliphatic rings. The van der Waals surface area contributed by atoms with Crippen LogP contribution in [0.1, 0.15) is 49.3 Å². The Hall–Kier alpha value is -4.37. The zero-order valence-corrected chi connectivity index (χ0v) is 23.8. The molecule has 1 amide bonds. The Kier molecular flexibility index (Phi) is 8.33. The van der Waals surface area contributed by atoms with E-state index in [1.807, 2.05) is 34.9 Å². The maximum Gasteiger partial charge on any atom is 0.328 e. The number of aliphatic carboxylic acids is 1. The molecule has 222 valence electrons.